The highest BCUT2D eigenvalue weighted by Gasteiger charge is 2.19. The van der Waals surface area contributed by atoms with E-state index in [2.05, 4.69) is 10.1 Å². The van der Waals surface area contributed by atoms with Crippen LogP contribution in [-0.2, 0) is 0 Å². The maximum Gasteiger partial charge on any atom is 0.0752 e. The Kier molecular flexibility index (Phi) is 3.78. The van der Waals surface area contributed by atoms with Crippen LogP contribution in [0.1, 0.15) is 49.3 Å². The van der Waals surface area contributed by atoms with Crippen LogP contribution in [0, 0.1) is 0 Å². The van der Waals surface area contributed by atoms with Crippen LogP contribution >= 0.6 is 11.6 Å². The number of pyridine rings is 1. The number of hydrogen-bond donors (Lipinski definition) is 1. The zero-order valence-corrected chi connectivity index (χ0v) is 9.82. The molecular weight excluding hydrogens is 224 g/mol. The number of rotatable bonds is 2. The average Bonchev–Trinajstić information content (AvgIpc) is 2.31. The van der Waals surface area contributed by atoms with Crippen molar-refractivity contribution in [2.75, 3.05) is 0 Å². The van der Waals surface area contributed by atoms with Crippen LogP contribution in [0.25, 0.3) is 0 Å². The Morgan fingerprint density at radius 1 is 1.38 bits per heavy atom. The van der Waals surface area contributed by atoms with E-state index in [9.17, 15) is 0 Å². The van der Waals surface area contributed by atoms with Crippen molar-refractivity contribution in [2.45, 2.75) is 38.0 Å². The molecule has 1 aliphatic rings. The molecule has 1 aromatic rings. The lowest BCUT2D eigenvalue weighted by molar-refractivity contribution is 0.321. The predicted octanol–water partition coefficient (Wildman–Crippen LogP) is 3.59. The molecule has 1 N–H and O–H groups in total. The van der Waals surface area contributed by atoms with E-state index in [4.69, 9.17) is 16.8 Å². The van der Waals surface area contributed by atoms with E-state index in [1.54, 1.807) is 12.3 Å². The minimum Gasteiger partial charge on any atom is -0.411 e. The third-order valence-electron chi connectivity index (χ3n) is 3.10. The molecule has 3 nitrogen and oxygen atoms in total. The van der Waals surface area contributed by atoms with Crippen molar-refractivity contribution < 1.29 is 5.21 Å². The lowest BCUT2D eigenvalue weighted by Gasteiger charge is -2.22. The highest BCUT2D eigenvalue weighted by atomic mass is 35.5. The van der Waals surface area contributed by atoms with Gasteiger partial charge in [-0.25, -0.2) is 0 Å². The van der Waals surface area contributed by atoms with E-state index in [-0.39, 0.29) is 0 Å². The summed E-state index contributed by atoms with van der Waals surface area (Å²) in [5.74, 6) is 0.485. The normalized spacial score (nSPS) is 18.1. The smallest absolute Gasteiger partial charge is 0.0752 e. The molecule has 1 aliphatic carbocycles. The van der Waals surface area contributed by atoms with E-state index in [1.165, 1.54) is 38.3 Å². The first kappa shape index (κ1) is 11.4. The van der Waals surface area contributed by atoms with Crippen molar-refractivity contribution in [1.82, 2.24) is 4.98 Å². The van der Waals surface area contributed by atoms with Crippen LogP contribution in [0.15, 0.2) is 17.4 Å². The molecule has 0 atom stereocenters. The Morgan fingerprint density at radius 2 is 2.12 bits per heavy atom. The van der Waals surface area contributed by atoms with Gasteiger partial charge in [-0.2, -0.15) is 0 Å². The van der Waals surface area contributed by atoms with Gasteiger partial charge in [0, 0.05) is 17.7 Å². The Morgan fingerprint density at radius 3 is 2.81 bits per heavy atom. The maximum absolute atomic E-state index is 8.63. The fraction of sp³-hybridized carbons (Fsp3) is 0.500. The Bertz CT molecular complexity index is 387. The highest BCUT2D eigenvalue weighted by molar-refractivity contribution is 6.30. The highest BCUT2D eigenvalue weighted by Crippen LogP contribution is 2.33. The Labute approximate surface area is 100 Å². The van der Waals surface area contributed by atoms with Gasteiger partial charge in [0.2, 0.25) is 0 Å². The summed E-state index contributed by atoms with van der Waals surface area (Å²) in [5.41, 5.74) is 1.85. The van der Waals surface area contributed by atoms with Gasteiger partial charge in [-0.15, -0.1) is 0 Å². The molecule has 0 radical (unpaired) electrons. The Balaban J connectivity index is 2.30. The second kappa shape index (κ2) is 5.30. The largest absolute Gasteiger partial charge is 0.411 e. The van der Waals surface area contributed by atoms with Crippen LogP contribution in [0.5, 0.6) is 0 Å². The van der Waals surface area contributed by atoms with Crippen LogP contribution < -0.4 is 0 Å². The summed E-state index contributed by atoms with van der Waals surface area (Å²) >= 11 is 5.89. The molecule has 0 bridgehead atoms. The van der Waals surface area contributed by atoms with Crippen LogP contribution in [0.4, 0.5) is 0 Å². The van der Waals surface area contributed by atoms with Gasteiger partial charge in [0.05, 0.1) is 16.9 Å². The van der Waals surface area contributed by atoms with Gasteiger partial charge in [0.1, 0.15) is 0 Å². The molecule has 1 heterocycles. The summed E-state index contributed by atoms with van der Waals surface area (Å²) in [6.45, 7) is 0. The molecule has 0 unspecified atom stereocenters. The van der Waals surface area contributed by atoms with E-state index in [1.807, 2.05) is 0 Å². The molecule has 1 fully saturated rings. The first-order chi connectivity index (χ1) is 7.81. The van der Waals surface area contributed by atoms with Crippen LogP contribution in [-0.4, -0.2) is 16.4 Å². The minimum atomic E-state index is 0.485. The predicted molar refractivity (Wildman–Crippen MR) is 64.5 cm³/mol. The lowest BCUT2D eigenvalue weighted by atomic mass is 9.85. The number of halogens is 1. The zero-order valence-electron chi connectivity index (χ0n) is 9.06. The molecule has 4 heteroatoms. The van der Waals surface area contributed by atoms with Gasteiger partial charge < -0.3 is 5.21 Å². The van der Waals surface area contributed by atoms with Gasteiger partial charge in [0.25, 0.3) is 0 Å². The van der Waals surface area contributed by atoms with E-state index in [0.29, 0.717) is 10.9 Å². The van der Waals surface area contributed by atoms with Crippen molar-refractivity contribution in [3.05, 3.63) is 28.5 Å². The summed E-state index contributed by atoms with van der Waals surface area (Å²) in [7, 11) is 0. The number of aromatic nitrogens is 1. The second-order valence-electron chi connectivity index (χ2n) is 4.21. The minimum absolute atomic E-state index is 0.485. The molecule has 86 valence electrons. The van der Waals surface area contributed by atoms with Gasteiger partial charge >= 0.3 is 0 Å². The van der Waals surface area contributed by atoms with Crippen LogP contribution in [0.2, 0.25) is 5.02 Å². The molecule has 0 amide bonds. The topological polar surface area (TPSA) is 45.5 Å². The molecule has 0 saturated heterocycles. The van der Waals surface area contributed by atoms with Gasteiger partial charge in [-0.3, -0.25) is 4.98 Å². The summed E-state index contributed by atoms with van der Waals surface area (Å²) < 4.78 is 0. The lowest BCUT2D eigenvalue weighted by Crippen LogP contribution is -2.09. The fourth-order valence-corrected chi connectivity index (χ4v) is 2.51. The molecule has 1 aromatic heterocycles. The number of nitrogens with zero attached hydrogens (tertiary/aromatic N) is 2. The summed E-state index contributed by atoms with van der Waals surface area (Å²) in [5, 5.41) is 12.3. The maximum atomic E-state index is 8.63. The van der Waals surface area contributed by atoms with E-state index < -0.39 is 0 Å². The van der Waals surface area contributed by atoms with Crippen molar-refractivity contribution in [1.29, 1.82) is 0 Å². The van der Waals surface area contributed by atoms with Crippen molar-refractivity contribution in [3.63, 3.8) is 0 Å². The summed E-state index contributed by atoms with van der Waals surface area (Å²) in [4.78, 5) is 4.39. The third-order valence-corrected chi connectivity index (χ3v) is 3.31. The van der Waals surface area contributed by atoms with Gasteiger partial charge in [-0.05, 0) is 18.9 Å². The number of oxime groups is 1. The van der Waals surface area contributed by atoms with E-state index in [0.717, 1.165) is 11.3 Å². The molecule has 0 spiro atoms. The monoisotopic (exact) mass is 238 g/mol. The molecule has 2 rings (SSSR count). The van der Waals surface area contributed by atoms with Crippen molar-refractivity contribution in [3.8, 4) is 0 Å². The fourth-order valence-electron chi connectivity index (χ4n) is 2.35. The van der Waals surface area contributed by atoms with Crippen molar-refractivity contribution >= 4 is 17.8 Å². The quantitative estimate of drug-likeness (QED) is 0.486. The Hall–Kier alpha value is -1.09. The standard InChI is InChI=1S/C12H15ClN2O/c13-11-6-10(7-15-16)12(14-8-11)9-4-2-1-3-5-9/h6-9,16H,1-5H2. The summed E-state index contributed by atoms with van der Waals surface area (Å²) in [6.07, 6.45) is 9.24. The SMILES string of the molecule is ON=Cc1cc(Cl)cnc1C1CCCCC1. The van der Waals surface area contributed by atoms with Gasteiger partial charge in [-0.1, -0.05) is 36.0 Å². The van der Waals surface area contributed by atoms with Crippen molar-refractivity contribution in [2.24, 2.45) is 5.16 Å². The molecular formula is C12H15ClN2O. The number of hydrogen-bond acceptors (Lipinski definition) is 3. The molecule has 1 saturated carbocycles. The average molecular weight is 239 g/mol. The zero-order chi connectivity index (χ0) is 11.4. The molecule has 0 aliphatic heterocycles. The van der Waals surface area contributed by atoms with E-state index >= 15 is 0 Å². The first-order valence-corrected chi connectivity index (χ1v) is 6.02. The summed E-state index contributed by atoms with van der Waals surface area (Å²) in [6, 6.07) is 1.80. The van der Waals surface area contributed by atoms with Gasteiger partial charge in [0.15, 0.2) is 0 Å². The third kappa shape index (κ3) is 2.53. The van der Waals surface area contributed by atoms with Crippen LogP contribution in [0.3, 0.4) is 0 Å². The molecule has 0 aromatic carbocycles. The second-order valence-corrected chi connectivity index (χ2v) is 4.64. The molecule has 16 heavy (non-hydrogen) atoms. The first-order valence-electron chi connectivity index (χ1n) is 5.64.